The maximum Gasteiger partial charge on any atom is 0.266 e. The van der Waals surface area contributed by atoms with Crippen LogP contribution in [-0.4, -0.2) is 164 Å². The SMILES string of the molecule is CN(C)C1=N[C@@H]2[C@@H](O)[C@H](O)[C@@H]([C@@H](O)C(F)F)O[C@@H]2S1.CN(C)C1=N[C@@H]2[C@@H](O)[C@H](O)[C@@H]([C@H](O)C(F)F)O[C@@H]2S1. The normalized spacial score (nSPS) is 40.0. The van der Waals surface area contributed by atoms with Crippen LogP contribution in [0.15, 0.2) is 9.98 Å². The topological polar surface area (TPSA) is 171 Å². The first kappa shape index (κ1) is 31.6. The zero-order valence-electron chi connectivity index (χ0n) is 20.7. The zero-order valence-corrected chi connectivity index (χ0v) is 22.3. The van der Waals surface area contributed by atoms with E-state index in [9.17, 15) is 48.2 Å². The Bertz CT molecular complexity index is 811. The molecule has 12 atom stereocenters. The largest absolute Gasteiger partial charge is 0.388 e. The number of thioether (sulfide) groups is 2. The van der Waals surface area contributed by atoms with E-state index in [4.69, 9.17) is 9.47 Å². The molecule has 0 bridgehead atoms. The number of halogens is 4. The standard InChI is InChI=1S/2C10H16F2N2O4S/c2*1-14(2)10-13-3-4(15)5(16)7(6(17)8(11)12)18-9(3)19-10/h2*3-9,15-17H,1-2H3/t3-,4-,5+,6+,7+,9-;3-,4-,5+,6-,7+,9-/m11/s1. The van der Waals surface area contributed by atoms with Crippen molar-refractivity contribution in [1.82, 2.24) is 9.80 Å². The van der Waals surface area contributed by atoms with Gasteiger partial charge in [0.1, 0.15) is 71.8 Å². The molecule has 12 nitrogen and oxygen atoms in total. The average Bonchev–Trinajstić information content (AvgIpc) is 3.48. The number of alkyl halides is 4. The molecule has 0 unspecified atom stereocenters. The highest BCUT2D eigenvalue weighted by atomic mass is 32.2. The number of hydrogen-bond donors (Lipinski definition) is 6. The van der Waals surface area contributed by atoms with Crippen molar-refractivity contribution in [3.63, 3.8) is 0 Å². The van der Waals surface area contributed by atoms with E-state index in [1.54, 1.807) is 38.0 Å². The summed E-state index contributed by atoms with van der Waals surface area (Å²) in [6.45, 7) is 0. The molecule has 6 N–H and O–H groups in total. The molecular weight excluding hydrogens is 564 g/mol. The molecule has 0 aromatic carbocycles. The average molecular weight is 597 g/mol. The first-order valence-corrected chi connectivity index (χ1v) is 13.2. The number of nitrogens with zero attached hydrogens (tertiary/aromatic N) is 4. The van der Waals surface area contributed by atoms with Crippen molar-refractivity contribution >= 4 is 33.9 Å². The van der Waals surface area contributed by atoms with Crippen molar-refractivity contribution in [3.8, 4) is 0 Å². The van der Waals surface area contributed by atoms with Crippen LogP contribution < -0.4 is 0 Å². The lowest BCUT2D eigenvalue weighted by atomic mass is 9.95. The van der Waals surface area contributed by atoms with Gasteiger partial charge in [0, 0.05) is 28.2 Å². The number of fused-ring (bicyclic) bond motifs is 2. The molecule has 0 aromatic rings. The van der Waals surface area contributed by atoms with Crippen molar-refractivity contribution in [3.05, 3.63) is 0 Å². The molecule has 2 fully saturated rings. The van der Waals surface area contributed by atoms with Crippen LogP contribution in [0.4, 0.5) is 17.6 Å². The molecule has 0 aliphatic carbocycles. The fraction of sp³-hybridized carbons (Fsp3) is 0.900. The van der Waals surface area contributed by atoms with Gasteiger partial charge in [0.05, 0.1) is 0 Å². The highest BCUT2D eigenvalue weighted by molar-refractivity contribution is 8.14. The number of rotatable bonds is 4. The summed E-state index contributed by atoms with van der Waals surface area (Å²) in [7, 11) is 6.99. The van der Waals surface area contributed by atoms with E-state index in [2.05, 4.69) is 9.98 Å². The highest BCUT2D eigenvalue weighted by Crippen LogP contribution is 2.39. The van der Waals surface area contributed by atoms with Crippen molar-refractivity contribution in [1.29, 1.82) is 0 Å². The van der Waals surface area contributed by atoms with Crippen LogP contribution in [-0.2, 0) is 9.47 Å². The lowest BCUT2D eigenvalue weighted by molar-refractivity contribution is -0.205. The van der Waals surface area contributed by atoms with Crippen LogP contribution in [0.5, 0.6) is 0 Å². The summed E-state index contributed by atoms with van der Waals surface area (Å²) in [5.74, 6) is 0. The maximum atomic E-state index is 12.5. The Hall–Kier alpha value is -0.960. The van der Waals surface area contributed by atoms with Gasteiger partial charge in [0.25, 0.3) is 12.9 Å². The maximum absolute atomic E-state index is 12.5. The number of aliphatic imine (C=N–C) groups is 2. The molecule has 38 heavy (non-hydrogen) atoms. The third-order valence-electron chi connectivity index (χ3n) is 6.13. The Morgan fingerprint density at radius 3 is 1.24 bits per heavy atom. The van der Waals surface area contributed by atoms with Crippen molar-refractivity contribution in [2.45, 2.75) is 84.6 Å². The lowest BCUT2D eigenvalue weighted by Crippen LogP contribution is -2.59. The van der Waals surface area contributed by atoms with Crippen LogP contribution in [0, 0.1) is 0 Å². The Morgan fingerprint density at radius 2 is 0.974 bits per heavy atom. The van der Waals surface area contributed by atoms with Gasteiger partial charge in [-0.3, -0.25) is 9.98 Å². The van der Waals surface area contributed by atoms with Crippen molar-refractivity contribution in [2.24, 2.45) is 9.98 Å². The summed E-state index contributed by atoms with van der Waals surface area (Å²) in [4.78, 5) is 11.8. The first-order valence-electron chi connectivity index (χ1n) is 11.4. The minimum Gasteiger partial charge on any atom is -0.388 e. The lowest BCUT2D eigenvalue weighted by Gasteiger charge is -2.39. The Balaban J connectivity index is 0.000000211. The Kier molecular flexibility index (Phi) is 10.5. The number of hydrogen-bond acceptors (Lipinski definition) is 14. The summed E-state index contributed by atoms with van der Waals surface area (Å²) in [6, 6.07) is -1.45. The molecule has 220 valence electrons. The van der Waals surface area contributed by atoms with E-state index in [0.717, 1.165) is 0 Å². The minimum atomic E-state index is -3.05. The monoisotopic (exact) mass is 596 g/mol. The summed E-state index contributed by atoms with van der Waals surface area (Å²) >= 11 is 2.34. The Labute approximate surface area is 224 Å². The van der Waals surface area contributed by atoms with Gasteiger partial charge in [-0.15, -0.1) is 0 Å². The molecular formula is C20H32F4N4O8S2. The molecule has 4 aliphatic rings. The molecule has 4 rings (SSSR count). The van der Waals surface area contributed by atoms with E-state index in [1.807, 2.05) is 0 Å². The molecule has 0 radical (unpaired) electrons. The smallest absolute Gasteiger partial charge is 0.266 e. The van der Waals surface area contributed by atoms with E-state index >= 15 is 0 Å². The number of ether oxygens (including phenoxy) is 2. The molecule has 4 heterocycles. The van der Waals surface area contributed by atoms with Crippen LogP contribution in [0.1, 0.15) is 0 Å². The third kappa shape index (κ3) is 6.50. The number of aliphatic hydroxyl groups excluding tert-OH is 6. The van der Waals surface area contributed by atoms with Gasteiger partial charge in [0.15, 0.2) is 10.3 Å². The predicted octanol–water partition coefficient (Wildman–Crippen LogP) is -1.82. The van der Waals surface area contributed by atoms with Gasteiger partial charge in [-0.2, -0.15) is 0 Å². The predicted molar refractivity (Wildman–Crippen MR) is 130 cm³/mol. The quantitative estimate of drug-likeness (QED) is 0.201. The van der Waals surface area contributed by atoms with Gasteiger partial charge in [-0.25, -0.2) is 17.6 Å². The number of amidine groups is 2. The first-order chi connectivity index (χ1) is 17.6. The minimum absolute atomic E-state index is 0.577. The van der Waals surface area contributed by atoms with Crippen LogP contribution in [0.3, 0.4) is 0 Å². The van der Waals surface area contributed by atoms with E-state index in [-0.39, 0.29) is 0 Å². The van der Waals surface area contributed by atoms with Gasteiger partial charge < -0.3 is 49.9 Å². The summed E-state index contributed by atoms with van der Waals surface area (Å²) in [6.07, 6.45) is -19.3. The number of aliphatic hydroxyl groups is 6. The fourth-order valence-corrected chi connectivity index (χ4v) is 6.33. The van der Waals surface area contributed by atoms with Crippen LogP contribution >= 0.6 is 23.5 Å². The van der Waals surface area contributed by atoms with Gasteiger partial charge in [-0.05, 0) is 0 Å². The van der Waals surface area contributed by atoms with Gasteiger partial charge in [0.2, 0.25) is 0 Å². The summed E-state index contributed by atoms with van der Waals surface area (Å²) in [5.41, 5.74) is -1.37. The van der Waals surface area contributed by atoms with Crippen molar-refractivity contribution < 1.29 is 57.7 Å². The molecule has 0 saturated carbocycles. The Morgan fingerprint density at radius 1 is 0.658 bits per heavy atom. The fourth-order valence-electron chi connectivity index (χ4n) is 4.03. The molecule has 0 aromatic heterocycles. The second kappa shape index (κ2) is 12.7. The van der Waals surface area contributed by atoms with E-state index < -0.39 is 84.6 Å². The van der Waals surface area contributed by atoms with E-state index in [0.29, 0.717) is 10.3 Å². The molecule has 0 spiro atoms. The molecule has 2 saturated heterocycles. The molecule has 18 heteroatoms. The summed E-state index contributed by atoms with van der Waals surface area (Å²) in [5, 5.41) is 59.2. The highest BCUT2D eigenvalue weighted by Gasteiger charge is 2.53. The van der Waals surface area contributed by atoms with Crippen LogP contribution in [0.2, 0.25) is 0 Å². The second-order valence-corrected chi connectivity index (χ2v) is 11.5. The zero-order chi connectivity index (χ0) is 28.6. The van der Waals surface area contributed by atoms with E-state index in [1.165, 1.54) is 23.5 Å². The molecule has 4 aliphatic heterocycles. The van der Waals surface area contributed by atoms with Gasteiger partial charge in [-0.1, -0.05) is 23.5 Å². The second-order valence-electron chi connectivity index (χ2n) is 9.38. The van der Waals surface area contributed by atoms with Crippen molar-refractivity contribution in [2.75, 3.05) is 28.2 Å². The third-order valence-corrected chi connectivity index (χ3v) is 8.74. The summed E-state index contributed by atoms with van der Waals surface area (Å²) < 4.78 is 60.5. The van der Waals surface area contributed by atoms with Crippen LogP contribution in [0.25, 0.3) is 0 Å². The van der Waals surface area contributed by atoms with Gasteiger partial charge >= 0.3 is 0 Å². The molecule has 0 amide bonds.